The van der Waals surface area contributed by atoms with E-state index in [1.54, 1.807) is 31.2 Å². The van der Waals surface area contributed by atoms with Crippen molar-refractivity contribution in [3.63, 3.8) is 0 Å². The number of amides is 2. The molecule has 166 valence electrons. The number of carbonyl (C=O) groups excluding carboxylic acids is 2. The van der Waals surface area contributed by atoms with Crippen LogP contribution in [-0.4, -0.2) is 17.9 Å². The zero-order valence-corrected chi connectivity index (χ0v) is 18.3. The quantitative estimate of drug-likeness (QED) is 0.300. The maximum Gasteiger partial charge on any atom is 0.257 e. The van der Waals surface area contributed by atoms with E-state index in [9.17, 15) is 9.59 Å². The molecule has 3 aromatic carbocycles. The van der Waals surface area contributed by atoms with Gasteiger partial charge in [-0.2, -0.15) is 5.26 Å². The Morgan fingerprint density at radius 3 is 1.79 bits per heavy atom. The van der Waals surface area contributed by atoms with Crippen molar-refractivity contribution in [1.29, 1.82) is 5.26 Å². The molecule has 0 saturated heterocycles. The average Bonchev–Trinajstić information content (AvgIpc) is 2.86. The Labute approximate surface area is 193 Å². The van der Waals surface area contributed by atoms with Crippen molar-refractivity contribution < 1.29 is 14.3 Å². The molecular weight excluding hydrogens is 414 g/mol. The molecule has 0 fully saturated rings. The highest BCUT2D eigenvalue weighted by Gasteiger charge is 2.18. The molecule has 6 heteroatoms. The normalized spacial score (nSPS) is 10.9. The van der Waals surface area contributed by atoms with Gasteiger partial charge in [0.25, 0.3) is 11.8 Å². The summed E-state index contributed by atoms with van der Waals surface area (Å²) in [6, 6.07) is 27.8. The number of hydrogen-bond acceptors (Lipinski definition) is 4. The lowest BCUT2D eigenvalue weighted by atomic mass is 10.1. The molecule has 0 spiro atoms. The van der Waals surface area contributed by atoms with Gasteiger partial charge in [-0.1, -0.05) is 72.8 Å². The first-order chi connectivity index (χ1) is 16.0. The summed E-state index contributed by atoms with van der Waals surface area (Å²) in [5.74, 6) is -0.407. The van der Waals surface area contributed by atoms with Crippen molar-refractivity contribution in [2.45, 2.75) is 26.1 Å². The highest BCUT2D eigenvalue weighted by atomic mass is 16.5. The first kappa shape index (κ1) is 23.3. The molecule has 0 aliphatic carbocycles. The minimum Gasteiger partial charge on any atom is -0.476 e. The van der Waals surface area contributed by atoms with Crippen molar-refractivity contribution in [3.8, 4) is 11.8 Å². The fraction of sp³-hybridized carbons (Fsp3) is 0.148. The first-order valence-corrected chi connectivity index (χ1v) is 10.6. The van der Waals surface area contributed by atoms with Crippen molar-refractivity contribution in [3.05, 3.63) is 107 Å². The van der Waals surface area contributed by atoms with Crippen LogP contribution in [-0.2, 0) is 22.7 Å². The number of nitrogens with zero attached hydrogens (tertiary/aromatic N) is 1. The lowest BCUT2D eigenvalue weighted by molar-refractivity contribution is -0.123. The van der Waals surface area contributed by atoms with E-state index < -0.39 is 17.9 Å². The number of hydrogen-bond donors (Lipinski definition) is 2. The van der Waals surface area contributed by atoms with Crippen LogP contribution < -0.4 is 15.4 Å². The van der Waals surface area contributed by atoms with E-state index in [2.05, 4.69) is 10.6 Å². The largest absolute Gasteiger partial charge is 0.476 e. The zero-order valence-electron chi connectivity index (χ0n) is 18.3. The Morgan fingerprint density at radius 1 is 0.848 bits per heavy atom. The summed E-state index contributed by atoms with van der Waals surface area (Å²) in [5.41, 5.74) is 2.53. The standard InChI is InChI=1S/C27H25N3O3/c1-20(17-28)33-24-14-12-21(13-15-24)16-25(26(31)29-18-22-8-4-2-5-9-22)27(32)30-19-23-10-6-3-7-11-23/h2-16,20H,18-19H2,1H3,(H,29,31)(H,30,32)/t20-/m0/s1. The summed E-state index contributed by atoms with van der Waals surface area (Å²) in [4.78, 5) is 25.8. The van der Waals surface area contributed by atoms with Gasteiger partial charge in [-0.15, -0.1) is 0 Å². The lowest BCUT2D eigenvalue weighted by Gasteiger charge is -2.11. The van der Waals surface area contributed by atoms with Gasteiger partial charge < -0.3 is 15.4 Å². The molecule has 2 amide bonds. The summed E-state index contributed by atoms with van der Waals surface area (Å²) in [6.45, 7) is 2.27. The van der Waals surface area contributed by atoms with Crippen LogP contribution >= 0.6 is 0 Å². The third kappa shape index (κ3) is 7.37. The van der Waals surface area contributed by atoms with Crippen LogP contribution in [0.1, 0.15) is 23.6 Å². The number of rotatable bonds is 9. The third-order valence-corrected chi connectivity index (χ3v) is 4.77. The van der Waals surface area contributed by atoms with Gasteiger partial charge in [0.2, 0.25) is 0 Å². The first-order valence-electron chi connectivity index (χ1n) is 10.6. The van der Waals surface area contributed by atoms with Crippen LogP contribution in [0.15, 0.2) is 90.5 Å². The molecule has 0 aromatic heterocycles. The maximum atomic E-state index is 12.9. The molecule has 0 heterocycles. The van der Waals surface area contributed by atoms with Gasteiger partial charge in [0.05, 0.1) is 0 Å². The second-order valence-electron chi connectivity index (χ2n) is 7.35. The zero-order chi connectivity index (χ0) is 23.5. The summed E-state index contributed by atoms with van der Waals surface area (Å²) >= 11 is 0. The van der Waals surface area contributed by atoms with Gasteiger partial charge in [-0.05, 0) is 41.8 Å². The number of nitrogens with one attached hydrogen (secondary N) is 2. The summed E-state index contributed by atoms with van der Waals surface area (Å²) in [7, 11) is 0. The molecule has 6 nitrogen and oxygen atoms in total. The summed E-state index contributed by atoms with van der Waals surface area (Å²) in [5, 5.41) is 14.5. The van der Waals surface area contributed by atoms with Crippen LogP contribution in [0, 0.1) is 11.3 Å². The molecule has 0 unspecified atom stereocenters. The minimum absolute atomic E-state index is 0.000855. The fourth-order valence-electron chi connectivity index (χ4n) is 3.02. The number of nitriles is 1. The van der Waals surface area contributed by atoms with Gasteiger partial charge in [0.15, 0.2) is 6.10 Å². The van der Waals surface area contributed by atoms with Crippen LogP contribution in [0.2, 0.25) is 0 Å². The molecule has 3 aromatic rings. The van der Waals surface area contributed by atoms with Crippen LogP contribution in [0.3, 0.4) is 0 Å². The van der Waals surface area contributed by atoms with Crippen LogP contribution in [0.5, 0.6) is 5.75 Å². The molecule has 3 rings (SSSR count). The number of ether oxygens (including phenoxy) is 1. The SMILES string of the molecule is C[C@@H](C#N)Oc1ccc(C=C(C(=O)NCc2ccccc2)C(=O)NCc2ccccc2)cc1. The second kappa shape index (κ2) is 11.9. The molecule has 33 heavy (non-hydrogen) atoms. The maximum absolute atomic E-state index is 12.9. The molecule has 0 bridgehead atoms. The number of benzene rings is 3. The van der Waals surface area contributed by atoms with Crippen LogP contribution in [0.4, 0.5) is 0 Å². The molecule has 0 aliphatic heterocycles. The minimum atomic E-state index is -0.575. The van der Waals surface area contributed by atoms with E-state index in [1.807, 2.05) is 66.7 Å². The Bertz CT molecular complexity index is 1080. The second-order valence-corrected chi connectivity index (χ2v) is 7.35. The predicted octanol–water partition coefficient (Wildman–Crippen LogP) is 3.99. The van der Waals surface area contributed by atoms with E-state index in [4.69, 9.17) is 10.00 Å². The smallest absolute Gasteiger partial charge is 0.257 e. The topological polar surface area (TPSA) is 91.2 Å². The van der Waals surface area contributed by atoms with E-state index in [1.165, 1.54) is 6.08 Å². The van der Waals surface area contributed by atoms with E-state index in [-0.39, 0.29) is 5.57 Å². The van der Waals surface area contributed by atoms with Crippen molar-refractivity contribution in [2.24, 2.45) is 0 Å². The molecule has 2 N–H and O–H groups in total. The summed E-state index contributed by atoms with van der Waals surface area (Å²) in [6.07, 6.45) is 0.965. The predicted molar refractivity (Wildman–Crippen MR) is 127 cm³/mol. The Kier molecular flexibility index (Phi) is 8.38. The average molecular weight is 440 g/mol. The van der Waals surface area contributed by atoms with Gasteiger partial charge in [0, 0.05) is 13.1 Å². The molecule has 0 aliphatic rings. The van der Waals surface area contributed by atoms with E-state index in [0.29, 0.717) is 24.4 Å². The highest BCUT2D eigenvalue weighted by molar-refractivity contribution is 6.21. The van der Waals surface area contributed by atoms with E-state index >= 15 is 0 Å². The molecule has 0 radical (unpaired) electrons. The van der Waals surface area contributed by atoms with E-state index in [0.717, 1.165) is 11.1 Å². The molecule has 1 atom stereocenters. The van der Waals surface area contributed by atoms with Gasteiger partial charge >= 0.3 is 0 Å². The molecular formula is C27H25N3O3. The molecule has 0 saturated carbocycles. The fourth-order valence-corrected chi connectivity index (χ4v) is 3.02. The van der Waals surface area contributed by atoms with Crippen LogP contribution in [0.25, 0.3) is 6.08 Å². The summed E-state index contributed by atoms with van der Waals surface area (Å²) < 4.78 is 5.45. The van der Waals surface area contributed by atoms with Gasteiger partial charge in [0.1, 0.15) is 17.4 Å². The third-order valence-electron chi connectivity index (χ3n) is 4.77. The lowest BCUT2D eigenvalue weighted by Crippen LogP contribution is -2.34. The number of carbonyl (C=O) groups is 2. The highest BCUT2D eigenvalue weighted by Crippen LogP contribution is 2.16. The van der Waals surface area contributed by atoms with Gasteiger partial charge in [-0.3, -0.25) is 9.59 Å². The van der Waals surface area contributed by atoms with Crippen molar-refractivity contribution in [1.82, 2.24) is 10.6 Å². The van der Waals surface area contributed by atoms with Gasteiger partial charge in [-0.25, -0.2) is 0 Å². The van der Waals surface area contributed by atoms with Crippen molar-refractivity contribution >= 4 is 17.9 Å². The van der Waals surface area contributed by atoms with Crippen molar-refractivity contribution in [2.75, 3.05) is 0 Å². The monoisotopic (exact) mass is 439 g/mol. The Balaban J connectivity index is 1.76. The Hall–Kier alpha value is -4.37. The Morgan fingerprint density at radius 2 is 1.33 bits per heavy atom.